The Labute approximate surface area is 114 Å². The van der Waals surface area contributed by atoms with E-state index in [2.05, 4.69) is 15.9 Å². The first-order chi connectivity index (χ1) is 8.74. The maximum absolute atomic E-state index is 12.4. The van der Waals surface area contributed by atoms with Gasteiger partial charge >= 0.3 is 0 Å². The van der Waals surface area contributed by atoms with Gasteiger partial charge in [0.15, 0.2) is 5.76 Å². The third kappa shape index (κ3) is 2.71. The van der Waals surface area contributed by atoms with Gasteiger partial charge in [0.2, 0.25) is 5.78 Å². The lowest BCUT2D eigenvalue weighted by Gasteiger charge is -2.15. The highest BCUT2D eigenvalue weighted by atomic mass is 79.9. The molecule has 1 heterocycles. The summed E-state index contributed by atoms with van der Waals surface area (Å²) in [5, 5.41) is 0. The number of halogens is 1. The van der Waals surface area contributed by atoms with E-state index in [1.54, 1.807) is 6.07 Å². The molecule has 18 heavy (non-hydrogen) atoms. The fourth-order valence-electron chi connectivity index (χ4n) is 1.71. The largest absolute Gasteiger partial charge is 0.460 e. The molecule has 4 heteroatoms. The van der Waals surface area contributed by atoms with Crippen molar-refractivity contribution < 1.29 is 13.9 Å². The maximum atomic E-state index is 12.4. The number of hydrogen-bond acceptors (Lipinski definition) is 3. The summed E-state index contributed by atoms with van der Waals surface area (Å²) in [6.45, 7) is 2.32. The van der Waals surface area contributed by atoms with Crippen LogP contribution in [0.2, 0.25) is 0 Å². The lowest BCUT2D eigenvalue weighted by Crippen LogP contribution is -2.16. The second-order valence-electron chi connectivity index (χ2n) is 3.71. The van der Waals surface area contributed by atoms with E-state index in [1.165, 1.54) is 6.26 Å². The predicted octanol–water partition coefficient (Wildman–Crippen LogP) is 4.00. The average Bonchev–Trinajstić information content (AvgIpc) is 2.82. The molecule has 0 fully saturated rings. The van der Waals surface area contributed by atoms with Gasteiger partial charge in [0.1, 0.15) is 6.10 Å². The summed E-state index contributed by atoms with van der Waals surface area (Å²) in [6, 6.07) is 11.1. The smallest absolute Gasteiger partial charge is 0.232 e. The molecular weight excluding hydrogens is 296 g/mol. The SMILES string of the molecule is CCOC(C(=O)c1occc1Br)c1ccccc1. The van der Waals surface area contributed by atoms with Crippen molar-refractivity contribution in [2.45, 2.75) is 13.0 Å². The van der Waals surface area contributed by atoms with Crippen LogP contribution in [0.5, 0.6) is 0 Å². The second kappa shape index (κ2) is 5.98. The number of hydrogen-bond donors (Lipinski definition) is 0. The van der Waals surface area contributed by atoms with E-state index in [1.807, 2.05) is 37.3 Å². The van der Waals surface area contributed by atoms with Gasteiger partial charge in [-0.15, -0.1) is 0 Å². The van der Waals surface area contributed by atoms with Crippen LogP contribution in [0.15, 0.2) is 51.6 Å². The first kappa shape index (κ1) is 13.1. The van der Waals surface area contributed by atoms with Crippen LogP contribution in [0.3, 0.4) is 0 Å². The Morgan fingerprint density at radius 2 is 2.06 bits per heavy atom. The minimum atomic E-state index is -0.626. The number of carbonyl (C=O) groups excluding carboxylic acids is 1. The maximum Gasteiger partial charge on any atom is 0.232 e. The van der Waals surface area contributed by atoms with Crippen molar-refractivity contribution in [3.05, 3.63) is 58.5 Å². The molecule has 0 bridgehead atoms. The zero-order chi connectivity index (χ0) is 13.0. The third-order valence-corrected chi connectivity index (χ3v) is 3.14. The van der Waals surface area contributed by atoms with Crippen LogP contribution in [0.4, 0.5) is 0 Å². The lowest BCUT2D eigenvalue weighted by molar-refractivity contribution is 0.0427. The van der Waals surface area contributed by atoms with Crippen LogP contribution in [-0.2, 0) is 4.74 Å². The van der Waals surface area contributed by atoms with Crippen LogP contribution in [-0.4, -0.2) is 12.4 Å². The number of furan rings is 1. The number of ether oxygens (including phenoxy) is 1. The number of rotatable bonds is 5. The van der Waals surface area contributed by atoms with Crippen LogP contribution >= 0.6 is 15.9 Å². The Morgan fingerprint density at radius 1 is 1.33 bits per heavy atom. The molecule has 0 N–H and O–H groups in total. The van der Waals surface area contributed by atoms with Crippen LogP contribution in [0, 0.1) is 0 Å². The molecule has 1 aromatic carbocycles. The Hall–Kier alpha value is -1.39. The molecule has 0 radical (unpaired) electrons. The molecule has 0 aliphatic heterocycles. The van der Waals surface area contributed by atoms with Crippen molar-refractivity contribution in [1.29, 1.82) is 0 Å². The Morgan fingerprint density at radius 3 is 2.61 bits per heavy atom. The molecule has 1 atom stereocenters. The molecule has 2 aromatic rings. The van der Waals surface area contributed by atoms with Gasteiger partial charge in [-0.2, -0.15) is 0 Å². The van der Waals surface area contributed by atoms with Crippen molar-refractivity contribution in [2.24, 2.45) is 0 Å². The van der Waals surface area contributed by atoms with E-state index in [0.717, 1.165) is 5.56 Å². The third-order valence-electron chi connectivity index (χ3n) is 2.51. The molecule has 94 valence electrons. The summed E-state index contributed by atoms with van der Waals surface area (Å²) in [5.41, 5.74) is 0.827. The summed E-state index contributed by atoms with van der Waals surface area (Å²) in [5.74, 6) is 0.109. The first-order valence-electron chi connectivity index (χ1n) is 5.67. The summed E-state index contributed by atoms with van der Waals surface area (Å²) in [6.07, 6.45) is 0.851. The van der Waals surface area contributed by atoms with E-state index < -0.39 is 6.10 Å². The molecule has 1 aromatic heterocycles. The number of carbonyl (C=O) groups is 1. The monoisotopic (exact) mass is 308 g/mol. The molecular formula is C14H13BrO3. The van der Waals surface area contributed by atoms with Gasteiger partial charge in [0, 0.05) is 6.61 Å². The van der Waals surface area contributed by atoms with Gasteiger partial charge in [0.05, 0.1) is 10.7 Å². The van der Waals surface area contributed by atoms with Crippen LogP contribution in [0.25, 0.3) is 0 Å². The fraction of sp³-hybridized carbons (Fsp3) is 0.214. The molecule has 3 nitrogen and oxygen atoms in total. The highest BCUT2D eigenvalue weighted by Gasteiger charge is 2.26. The summed E-state index contributed by atoms with van der Waals surface area (Å²) in [4.78, 5) is 12.4. The molecule has 0 amide bonds. The summed E-state index contributed by atoms with van der Waals surface area (Å²) < 4.78 is 11.4. The van der Waals surface area contributed by atoms with Crippen molar-refractivity contribution in [3.8, 4) is 0 Å². The van der Waals surface area contributed by atoms with Crippen molar-refractivity contribution in [3.63, 3.8) is 0 Å². The molecule has 1 unspecified atom stereocenters. The molecule has 0 spiro atoms. The second-order valence-corrected chi connectivity index (χ2v) is 4.56. The normalized spacial score (nSPS) is 12.3. The van der Waals surface area contributed by atoms with Gasteiger partial charge in [0.25, 0.3) is 0 Å². The Bertz CT molecular complexity index is 519. The Balaban J connectivity index is 2.32. The fourth-order valence-corrected chi connectivity index (χ4v) is 2.10. The van der Waals surface area contributed by atoms with Crippen LogP contribution in [0.1, 0.15) is 29.1 Å². The van der Waals surface area contributed by atoms with E-state index in [4.69, 9.17) is 9.15 Å². The number of benzene rings is 1. The zero-order valence-corrected chi connectivity index (χ0v) is 11.5. The van der Waals surface area contributed by atoms with Crippen LogP contribution < -0.4 is 0 Å². The van der Waals surface area contributed by atoms with Crippen molar-refractivity contribution in [1.82, 2.24) is 0 Å². The van der Waals surface area contributed by atoms with E-state index >= 15 is 0 Å². The predicted molar refractivity (Wildman–Crippen MR) is 71.5 cm³/mol. The van der Waals surface area contributed by atoms with Crippen molar-refractivity contribution >= 4 is 21.7 Å². The lowest BCUT2D eigenvalue weighted by atomic mass is 10.0. The molecule has 0 aliphatic rings. The van der Waals surface area contributed by atoms with Gasteiger partial charge in [-0.1, -0.05) is 30.3 Å². The summed E-state index contributed by atoms with van der Waals surface area (Å²) in [7, 11) is 0. The van der Waals surface area contributed by atoms with Gasteiger partial charge in [-0.25, -0.2) is 0 Å². The molecule has 0 saturated heterocycles. The highest BCUT2D eigenvalue weighted by Crippen LogP contribution is 2.27. The molecule has 0 saturated carbocycles. The Kier molecular flexibility index (Phi) is 4.33. The van der Waals surface area contributed by atoms with E-state index in [0.29, 0.717) is 11.1 Å². The van der Waals surface area contributed by atoms with Gasteiger partial charge in [-0.05, 0) is 34.5 Å². The van der Waals surface area contributed by atoms with Gasteiger partial charge < -0.3 is 9.15 Å². The van der Waals surface area contributed by atoms with Gasteiger partial charge in [-0.3, -0.25) is 4.79 Å². The first-order valence-corrected chi connectivity index (χ1v) is 6.47. The molecule has 0 aliphatic carbocycles. The quantitative estimate of drug-likeness (QED) is 0.784. The van der Waals surface area contributed by atoms with Crippen molar-refractivity contribution in [2.75, 3.05) is 6.61 Å². The van der Waals surface area contributed by atoms with E-state index in [-0.39, 0.29) is 11.5 Å². The zero-order valence-electron chi connectivity index (χ0n) is 9.93. The topological polar surface area (TPSA) is 39.4 Å². The minimum absolute atomic E-state index is 0.181. The number of Topliss-reactive ketones (excluding diaryl/α,β-unsaturated/α-hetero) is 1. The molecule has 2 rings (SSSR count). The number of ketones is 1. The standard InChI is InChI=1S/C14H13BrO3/c1-2-17-13(10-6-4-3-5-7-10)12(16)14-11(15)8-9-18-14/h3-9,13H,2H2,1H3. The van der Waals surface area contributed by atoms with E-state index in [9.17, 15) is 4.79 Å². The summed E-state index contributed by atoms with van der Waals surface area (Å²) >= 11 is 3.29. The minimum Gasteiger partial charge on any atom is -0.460 e. The average molecular weight is 309 g/mol. The highest BCUT2D eigenvalue weighted by molar-refractivity contribution is 9.10.